The number of aromatic nitrogens is 1. The Balaban J connectivity index is 1.87. The van der Waals surface area contributed by atoms with Gasteiger partial charge in [-0.3, -0.25) is 9.78 Å². The first-order valence-electron chi connectivity index (χ1n) is 7.05. The normalized spacial score (nSPS) is 17.9. The van der Waals surface area contributed by atoms with Crippen LogP contribution in [0.3, 0.4) is 0 Å². The SMILES string of the molecule is CC1(C(=O)Nc2cccc3ncccc23)CCNCC1. The number of rotatable bonds is 2. The average Bonchev–Trinajstić information content (AvgIpc) is 2.48. The molecule has 4 nitrogen and oxygen atoms in total. The van der Waals surface area contributed by atoms with E-state index in [1.165, 1.54) is 0 Å². The zero-order valence-electron chi connectivity index (χ0n) is 11.6. The van der Waals surface area contributed by atoms with Crippen molar-refractivity contribution in [1.29, 1.82) is 0 Å². The fraction of sp³-hybridized carbons (Fsp3) is 0.375. The van der Waals surface area contributed by atoms with Gasteiger partial charge in [-0.25, -0.2) is 0 Å². The molecule has 1 saturated heterocycles. The van der Waals surface area contributed by atoms with E-state index in [-0.39, 0.29) is 11.3 Å². The number of amides is 1. The van der Waals surface area contributed by atoms with Gasteiger partial charge in [0.05, 0.1) is 11.2 Å². The first kappa shape index (κ1) is 13.1. The minimum absolute atomic E-state index is 0.107. The highest BCUT2D eigenvalue weighted by Crippen LogP contribution is 2.31. The van der Waals surface area contributed by atoms with E-state index >= 15 is 0 Å². The molecular formula is C16H19N3O. The molecule has 1 amide bonds. The Morgan fingerprint density at radius 1 is 1.25 bits per heavy atom. The molecule has 0 bridgehead atoms. The van der Waals surface area contributed by atoms with Crippen molar-refractivity contribution < 1.29 is 4.79 Å². The van der Waals surface area contributed by atoms with Crippen molar-refractivity contribution in [3.05, 3.63) is 36.5 Å². The quantitative estimate of drug-likeness (QED) is 0.881. The number of anilines is 1. The molecule has 3 rings (SSSR count). The zero-order valence-corrected chi connectivity index (χ0v) is 11.6. The molecule has 2 heterocycles. The molecule has 1 aromatic heterocycles. The maximum absolute atomic E-state index is 12.6. The molecule has 4 heteroatoms. The molecular weight excluding hydrogens is 250 g/mol. The molecule has 0 unspecified atom stereocenters. The monoisotopic (exact) mass is 269 g/mol. The first-order chi connectivity index (χ1) is 9.69. The Bertz CT molecular complexity index is 627. The maximum atomic E-state index is 12.6. The highest BCUT2D eigenvalue weighted by Gasteiger charge is 2.34. The summed E-state index contributed by atoms with van der Waals surface area (Å²) >= 11 is 0. The third-order valence-electron chi connectivity index (χ3n) is 4.15. The van der Waals surface area contributed by atoms with Crippen LogP contribution in [0.2, 0.25) is 0 Å². The van der Waals surface area contributed by atoms with Crippen LogP contribution in [0.1, 0.15) is 19.8 Å². The van der Waals surface area contributed by atoms with E-state index in [2.05, 4.69) is 15.6 Å². The molecule has 2 aromatic rings. The Morgan fingerprint density at radius 3 is 2.85 bits per heavy atom. The Hall–Kier alpha value is -1.94. The van der Waals surface area contributed by atoms with Crippen LogP contribution in [0.25, 0.3) is 10.9 Å². The third-order valence-corrected chi connectivity index (χ3v) is 4.15. The summed E-state index contributed by atoms with van der Waals surface area (Å²) in [6.45, 7) is 3.86. The van der Waals surface area contributed by atoms with Gasteiger partial charge in [0.15, 0.2) is 0 Å². The van der Waals surface area contributed by atoms with Crippen LogP contribution >= 0.6 is 0 Å². The fourth-order valence-corrected chi connectivity index (χ4v) is 2.69. The zero-order chi connectivity index (χ0) is 14.0. The second kappa shape index (κ2) is 5.21. The number of pyridine rings is 1. The van der Waals surface area contributed by atoms with Crippen molar-refractivity contribution >= 4 is 22.5 Å². The highest BCUT2D eigenvalue weighted by atomic mass is 16.2. The van der Waals surface area contributed by atoms with Gasteiger partial charge in [0, 0.05) is 17.0 Å². The van der Waals surface area contributed by atoms with E-state index in [0.29, 0.717) is 0 Å². The van der Waals surface area contributed by atoms with E-state index in [4.69, 9.17) is 0 Å². The van der Waals surface area contributed by atoms with Gasteiger partial charge in [0.1, 0.15) is 0 Å². The van der Waals surface area contributed by atoms with Gasteiger partial charge < -0.3 is 10.6 Å². The second-order valence-corrected chi connectivity index (χ2v) is 5.64. The van der Waals surface area contributed by atoms with E-state index in [0.717, 1.165) is 42.5 Å². The molecule has 0 saturated carbocycles. The molecule has 1 aliphatic heterocycles. The number of hydrogen-bond acceptors (Lipinski definition) is 3. The average molecular weight is 269 g/mol. The Morgan fingerprint density at radius 2 is 2.05 bits per heavy atom. The number of fused-ring (bicyclic) bond motifs is 1. The Labute approximate surface area is 118 Å². The summed E-state index contributed by atoms with van der Waals surface area (Å²) < 4.78 is 0. The lowest BCUT2D eigenvalue weighted by Gasteiger charge is -2.32. The van der Waals surface area contributed by atoms with E-state index in [9.17, 15) is 4.79 Å². The number of hydrogen-bond donors (Lipinski definition) is 2. The van der Waals surface area contributed by atoms with Crippen molar-refractivity contribution in [1.82, 2.24) is 10.3 Å². The van der Waals surface area contributed by atoms with Crippen LogP contribution < -0.4 is 10.6 Å². The van der Waals surface area contributed by atoms with Gasteiger partial charge in [0.25, 0.3) is 0 Å². The minimum atomic E-state index is -0.282. The van der Waals surface area contributed by atoms with E-state index < -0.39 is 0 Å². The summed E-state index contributed by atoms with van der Waals surface area (Å²) in [7, 11) is 0. The molecule has 104 valence electrons. The lowest BCUT2D eigenvalue weighted by atomic mass is 9.80. The minimum Gasteiger partial charge on any atom is -0.325 e. The molecule has 0 spiro atoms. The van der Waals surface area contributed by atoms with Gasteiger partial charge in [-0.2, -0.15) is 0 Å². The van der Waals surface area contributed by atoms with Gasteiger partial charge in [-0.15, -0.1) is 0 Å². The second-order valence-electron chi connectivity index (χ2n) is 5.64. The number of benzene rings is 1. The van der Waals surface area contributed by atoms with Gasteiger partial charge in [-0.1, -0.05) is 13.0 Å². The van der Waals surface area contributed by atoms with Gasteiger partial charge >= 0.3 is 0 Å². The summed E-state index contributed by atoms with van der Waals surface area (Å²) in [5, 5.41) is 7.37. The van der Waals surface area contributed by atoms with Crippen LogP contribution in [0.4, 0.5) is 5.69 Å². The smallest absolute Gasteiger partial charge is 0.230 e. The Kier molecular flexibility index (Phi) is 3.40. The molecule has 2 N–H and O–H groups in total. The van der Waals surface area contributed by atoms with Crippen LogP contribution in [0.5, 0.6) is 0 Å². The summed E-state index contributed by atoms with van der Waals surface area (Å²) in [6, 6.07) is 9.70. The maximum Gasteiger partial charge on any atom is 0.230 e. The lowest BCUT2D eigenvalue weighted by molar-refractivity contribution is -0.126. The molecule has 1 fully saturated rings. The molecule has 0 atom stereocenters. The number of carbonyl (C=O) groups is 1. The summed E-state index contributed by atoms with van der Waals surface area (Å²) in [5.41, 5.74) is 1.47. The van der Waals surface area contributed by atoms with Crippen LogP contribution in [0, 0.1) is 5.41 Å². The highest BCUT2D eigenvalue weighted by molar-refractivity contribution is 6.02. The summed E-state index contributed by atoms with van der Waals surface area (Å²) in [5.74, 6) is 0.107. The number of carbonyl (C=O) groups excluding carboxylic acids is 1. The molecule has 0 aliphatic carbocycles. The van der Waals surface area contributed by atoms with Crippen molar-refractivity contribution in [3.8, 4) is 0 Å². The van der Waals surface area contributed by atoms with E-state index in [1.807, 2.05) is 37.3 Å². The van der Waals surface area contributed by atoms with Gasteiger partial charge in [-0.05, 0) is 50.2 Å². The predicted molar refractivity (Wildman–Crippen MR) is 80.6 cm³/mol. The van der Waals surface area contributed by atoms with Crippen molar-refractivity contribution in [2.24, 2.45) is 5.41 Å². The molecule has 1 aliphatic rings. The summed E-state index contributed by atoms with van der Waals surface area (Å²) in [6.07, 6.45) is 3.52. The topological polar surface area (TPSA) is 54.0 Å². The molecule has 20 heavy (non-hydrogen) atoms. The number of nitrogens with one attached hydrogen (secondary N) is 2. The lowest BCUT2D eigenvalue weighted by Crippen LogP contribution is -2.42. The van der Waals surface area contributed by atoms with Crippen LogP contribution in [-0.4, -0.2) is 24.0 Å². The number of piperidine rings is 1. The number of nitrogens with zero attached hydrogens (tertiary/aromatic N) is 1. The third kappa shape index (κ3) is 2.39. The summed E-state index contributed by atoms with van der Waals surface area (Å²) in [4.78, 5) is 16.9. The van der Waals surface area contributed by atoms with E-state index in [1.54, 1.807) is 6.20 Å². The predicted octanol–water partition coefficient (Wildman–Crippen LogP) is 2.56. The first-order valence-corrected chi connectivity index (χ1v) is 7.05. The molecule has 1 aromatic carbocycles. The molecule has 0 radical (unpaired) electrons. The van der Waals surface area contributed by atoms with Gasteiger partial charge in [0.2, 0.25) is 5.91 Å². The van der Waals surface area contributed by atoms with Crippen molar-refractivity contribution in [3.63, 3.8) is 0 Å². The van der Waals surface area contributed by atoms with Crippen LogP contribution in [0.15, 0.2) is 36.5 Å². The largest absolute Gasteiger partial charge is 0.325 e. The van der Waals surface area contributed by atoms with Crippen molar-refractivity contribution in [2.75, 3.05) is 18.4 Å². The standard InChI is InChI=1S/C16H19N3O/c1-16(7-10-17-11-8-16)15(20)19-14-6-2-5-13-12(14)4-3-9-18-13/h2-6,9,17H,7-8,10-11H2,1H3,(H,19,20). The van der Waals surface area contributed by atoms with Crippen LogP contribution in [-0.2, 0) is 4.79 Å². The fourth-order valence-electron chi connectivity index (χ4n) is 2.69. The van der Waals surface area contributed by atoms with Crippen molar-refractivity contribution in [2.45, 2.75) is 19.8 Å².